The first-order valence-electron chi connectivity index (χ1n) is 27.0. The fourth-order valence-electron chi connectivity index (χ4n) is 12.5. The molecule has 0 aliphatic rings. The predicted molar refractivity (Wildman–Crippen MR) is 342 cm³/mol. The first-order valence-corrected chi connectivity index (χ1v) is 28.7. The lowest BCUT2D eigenvalue weighted by Crippen LogP contribution is -2.11. The van der Waals surface area contributed by atoms with Gasteiger partial charge in [-0.3, -0.25) is 0 Å². The predicted octanol–water partition coefficient (Wildman–Crippen LogP) is 22.8. The van der Waals surface area contributed by atoms with Gasteiger partial charge in [-0.05, 0) is 136 Å². The average Bonchev–Trinajstić information content (AvgIpc) is 4.33. The van der Waals surface area contributed by atoms with E-state index in [0.29, 0.717) is 0 Å². The number of rotatable bonds is 8. The van der Waals surface area contributed by atoms with Gasteiger partial charge in [-0.15, -0.1) is 22.7 Å². The lowest BCUT2D eigenvalue weighted by Gasteiger charge is -2.28. The molecule has 0 aliphatic carbocycles. The van der Waals surface area contributed by atoms with Crippen molar-refractivity contribution in [3.8, 4) is 22.3 Å². The molecule has 6 heteroatoms. The van der Waals surface area contributed by atoms with E-state index < -0.39 is 0 Å². The van der Waals surface area contributed by atoms with Gasteiger partial charge in [0.25, 0.3) is 0 Å². The molecule has 374 valence electrons. The van der Waals surface area contributed by atoms with Crippen LogP contribution in [0.2, 0.25) is 0 Å². The Hall–Kier alpha value is -9.98. The SMILES string of the molecule is c1ccc(-c2c(N(c3ccccc3)c3ccc4cc5c(cc4c3)oc3cc4oc6cc7cc(N(c8ccccc8)c8ccc9c(sc%10ccccc%109)c8-c8ccccc8)ccc7cc6c4cc35)ccc3c2sc2ccccc23)cc1. The highest BCUT2D eigenvalue weighted by molar-refractivity contribution is 7.26. The molecular formula is C74H44N2O2S2. The van der Waals surface area contributed by atoms with E-state index in [-0.39, 0.29) is 0 Å². The molecule has 17 aromatic rings. The second-order valence-corrected chi connectivity index (χ2v) is 22.9. The van der Waals surface area contributed by atoms with Gasteiger partial charge in [0.1, 0.15) is 22.3 Å². The normalized spacial score (nSPS) is 12.0. The standard InChI is InChI=1S/C74H44N2O2S2/c1-5-17-45(18-6-1)71-63(35-33-57-55-25-13-15-27-69(55)79-73(57)71)75(51-21-9-3-10-22-51)53-31-29-47-39-59-61-43-62-60-40-48-30-32-54(38-50(48)42-66(60)78-68(62)44-67(61)77-65(59)41-49(47)37-53)76(52-23-11-4-12-24-52)64-36-34-58-56-26-14-16-28-70(56)80-74(58)72(64)46-19-7-2-8-20-46/h1-44H. The molecule has 0 radical (unpaired) electrons. The van der Waals surface area contributed by atoms with Crippen molar-refractivity contribution >= 4 is 163 Å². The largest absolute Gasteiger partial charge is 0.456 e. The maximum absolute atomic E-state index is 6.80. The van der Waals surface area contributed by atoms with Crippen molar-refractivity contribution in [1.29, 1.82) is 0 Å². The third-order valence-electron chi connectivity index (χ3n) is 16.1. The van der Waals surface area contributed by atoms with Crippen molar-refractivity contribution in [2.75, 3.05) is 9.80 Å². The van der Waals surface area contributed by atoms with Crippen LogP contribution < -0.4 is 9.80 Å². The number of benzene rings is 13. The molecule has 4 heterocycles. The Labute approximate surface area is 467 Å². The van der Waals surface area contributed by atoms with Crippen LogP contribution in [0.3, 0.4) is 0 Å². The molecule has 0 aliphatic heterocycles. The summed E-state index contributed by atoms with van der Waals surface area (Å²) in [6.07, 6.45) is 0. The third kappa shape index (κ3) is 7.06. The zero-order valence-corrected chi connectivity index (χ0v) is 44.6. The average molecular weight is 1060 g/mol. The maximum Gasteiger partial charge on any atom is 0.139 e. The van der Waals surface area contributed by atoms with Crippen LogP contribution in [-0.2, 0) is 0 Å². The Bertz CT molecular complexity index is 4980. The molecule has 4 nitrogen and oxygen atoms in total. The van der Waals surface area contributed by atoms with Crippen LogP contribution in [0.25, 0.3) is 128 Å². The van der Waals surface area contributed by atoms with Gasteiger partial charge in [-0.25, -0.2) is 0 Å². The van der Waals surface area contributed by atoms with Gasteiger partial charge in [-0.1, -0.05) is 158 Å². The first-order chi connectivity index (χ1) is 39.6. The number of hydrogen-bond acceptors (Lipinski definition) is 6. The monoisotopic (exact) mass is 1060 g/mol. The zero-order chi connectivity index (χ0) is 52.4. The van der Waals surface area contributed by atoms with Crippen molar-refractivity contribution < 1.29 is 8.83 Å². The van der Waals surface area contributed by atoms with Crippen LogP contribution >= 0.6 is 22.7 Å². The smallest absolute Gasteiger partial charge is 0.139 e. The molecule has 0 unspecified atom stereocenters. The van der Waals surface area contributed by atoms with E-state index in [2.05, 4.69) is 277 Å². The van der Waals surface area contributed by atoms with Crippen molar-refractivity contribution in [3.05, 3.63) is 267 Å². The molecule has 4 aromatic heterocycles. The highest BCUT2D eigenvalue weighted by Crippen LogP contribution is 2.51. The van der Waals surface area contributed by atoms with E-state index in [4.69, 9.17) is 8.83 Å². The summed E-state index contributed by atoms with van der Waals surface area (Å²) < 4.78 is 18.7. The zero-order valence-electron chi connectivity index (χ0n) is 42.9. The summed E-state index contributed by atoms with van der Waals surface area (Å²) in [4.78, 5) is 4.82. The molecule has 0 amide bonds. The molecular weight excluding hydrogens is 1010 g/mol. The van der Waals surface area contributed by atoms with Crippen LogP contribution in [0.15, 0.2) is 276 Å². The van der Waals surface area contributed by atoms with Crippen LogP contribution in [0.4, 0.5) is 34.1 Å². The fraction of sp³-hybridized carbons (Fsp3) is 0. The molecule has 80 heavy (non-hydrogen) atoms. The number of thiophene rings is 2. The summed E-state index contributed by atoms with van der Waals surface area (Å²) in [6.45, 7) is 0. The lowest BCUT2D eigenvalue weighted by molar-refractivity contribution is 0.656. The van der Waals surface area contributed by atoms with Crippen molar-refractivity contribution in [1.82, 2.24) is 0 Å². The van der Waals surface area contributed by atoms with Crippen molar-refractivity contribution in [3.63, 3.8) is 0 Å². The molecule has 0 saturated carbocycles. The molecule has 0 fully saturated rings. The van der Waals surface area contributed by atoms with E-state index in [1.165, 1.54) is 62.6 Å². The lowest BCUT2D eigenvalue weighted by atomic mass is 9.98. The number of anilines is 6. The molecule has 0 saturated heterocycles. The second-order valence-electron chi connectivity index (χ2n) is 20.8. The topological polar surface area (TPSA) is 32.8 Å². The van der Waals surface area contributed by atoms with Gasteiger partial charge in [0.2, 0.25) is 0 Å². The van der Waals surface area contributed by atoms with Crippen LogP contribution in [0.5, 0.6) is 0 Å². The summed E-state index contributed by atoms with van der Waals surface area (Å²) in [7, 11) is 0. The highest BCUT2D eigenvalue weighted by atomic mass is 32.1. The summed E-state index contributed by atoms with van der Waals surface area (Å²) in [5, 5.41) is 13.9. The molecule has 0 spiro atoms. The molecule has 0 N–H and O–H groups in total. The van der Waals surface area contributed by atoms with E-state index in [1.807, 2.05) is 22.7 Å². The van der Waals surface area contributed by atoms with Gasteiger partial charge in [0.05, 0.1) is 11.4 Å². The van der Waals surface area contributed by atoms with E-state index in [9.17, 15) is 0 Å². The fourth-order valence-corrected chi connectivity index (χ4v) is 15.0. The third-order valence-corrected chi connectivity index (χ3v) is 18.6. The highest BCUT2D eigenvalue weighted by Gasteiger charge is 2.25. The summed E-state index contributed by atoms with van der Waals surface area (Å²) in [5.74, 6) is 0. The maximum atomic E-state index is 6.80. The molecule has 13 aromatic carbocycles. The Morgan fingerprint density at radius 3 is 1.09 bits per heavy atom. The van der Waals surface area contributed by atoms with E-state index in [1.54, 1.807) is 0 Å². The number of nitrogens with zero attached hydrogens (tertiary/aromatic N) is 2. The van der Waals surface area contributed by atoms with Crippen LogP contribution in [0.1, 0.15) is 0 Å². The minimum Gasteiger partial charge on any atom is -0.456 e. The van der Waals surface area contributed by atoms with Gasteiger partial charge in [-0.2, -0.15) is 0 Å². The first kappa shape index (κ1) is 45.1. The Kier molecular flexibility index (Phi) is 10.0. The van der Waals surface area contributed by atoms with E-state index in [0.717, 1.165) is 99.5 Å². The van der Waals surface area contributed by atoms with Gasteiger partial charge >= 0.3 is 0 Å². The number of para-hydroxylation sites is 2. The Morgan fingerprint density at radius 2 is 0.637 bits per heavy atom. The quantitative estimate of drug-likeness (QED) is 0.152. The van der Waals surface area contributed by atoms with Crippen molar-refractivity contribution in [2.45, 2.75) is 0 Å². The minimum atomic E-state index is 0.798. The Morgan fingerprint density at radius 1 is 0.250 bits per heavy atom. The minimum absolute atomic E-state index is 0.798. The number of hydrogen-bond donors (Lipinski definition) is 0. The summed E-state index contributed by atoms with van der Waals surface area (Å²) in [5.41, 5.74) is 14.7. The van der Waals surface area contributed by atoms with Gasteiger partial charge in [0, 0.05) is 102 Å². The number of furan rings is 2. The van der Waals surface area contributed by atoms with Crippen LogP contribution in [-0.4, -0.2) is 0 Å². The van der Waals surface area contributed by atoms with E-state index >= 15 is 0 Å². The van der Waals surface area contributed by atoms with Crippen LogP contribution in [0, 0.1) is 0 Å². The van der Waals surface area contributed by atoms with Gasteiger partial charge < -0.3 is 18.6 Å². The van der Waals surface area contributed by atoms with Crippen molar-refractivity contribution in [2.24, 2.45) is 0 Å². The molecule has 0 atom stereocenters. The van der Waals surface area contributed by atoms with Gasteiger partial charge in [0.15, 0.2) is 0 Å². The second kappa shape index (κ2) is 17.8. The molecule has 17 rings (SSSR count). The molecule has 0 bridgehead atoms. The Balaban J connectivity index is 0.778. The summed E-state index contributed by atoms with van der Waals surface area (Å²) in [6, 6.07) is 96.8. The number of fused-ring (bicyclic) bond motifs is 14. The summed E-state index contributed by atoms with van der Waals surface area (Å²) >= 11 is 3.73.